The average molecular weight is 383 g/mol. The molecule has 0 heterocycles. The quantitative estimate of drug-likeness (QED) is 0.614. The highest BCUT2D eigenvalue weighted by Crippen LogP contribution is 2.31. The molecule has 0 unspecified atom stereocenters. The molecule has 0 bridgehead atoms. The number of benzene rings is 2. The van der Waals surface area contributed by atoms with Crippen molar-refractivity contribution in [3.05, 3.63) is 54.6 Å². The van der Waals surface area contributed by atoms with Gasteiger partial charge in [-0.3, -0.25) is 9.59 Å². The van der Waals surface area contributed by atoms with E-state index in [4.69, 9.17) is 4.74 Å². The van der Waals surface area contributed by atoms with E-state index < -0.39 is 5.41 Å². The zero-order valence-electron chi connectivity index (χ0n) is 17.2. The molecular formula is C23H30N2O3. The summed E-state index contributed by atoms with van der Waals surface area (Å²) in [5.74, 6) is 0.704. The maximum atomic E-state index is 13.0. The highest BCUT2D eigenvalue weighted by Gasteiger charge is 2.39. The lowest BCUT2D eigenvalue weighted by atomic mass is 9.90. The third-order valence-electron chi connectivity index (χ3n) is 4.48. The highest BCUT2D eigenvalue weighted by atomic mass is 16.5. The Morgan fingerprint density at radius 1 is 0.929 bits per heavy atom. The van der Waals surface area contributed by atoms with Crippen molar-refractivity contribution in [2.24, 2.45) is 5.41 Å². The first-order chi connectivity index (χ1) is 13.4. The minimum Gasteiger partial charge on any atom is -0.455 e. The molecule has 150 valence electrons. The number of carbonyl (C=O) groups excluding carboxylic acids is 2. The fraction of sp³-hybridized carbons (Fsp3) is 0.391. The first-order valence-corrected chi connectivity index (χ1v) is 9.82. The standard InChI is InChI=1S/C23H30N2O3/c1-5-16-25(17-6-2)22(27)23(3,4)21(26)24-19-14-10-11-15-20(19)28-18-12-8-7-9-13-18/h7-15H,5-6,16-17H2,1-4H3,(H,24,26). The number of rotatable bonds is 9. The Bertz CT molecular complexity index is 781. The monoisotopic (exact) mass is 382 g/mol. The molecule has 28 heavy (non-hydrogen) atoms. The summed E-state index contributed by atoms with van der Waals surface area (Å²) in [6.45, 7) is 8.70. The number of para-hydroxylation sites is 3. The van der Waals surface area contributed by atoms with Crippen molar-refractivity contribution in [2.75, 3.05) is 18.4 Å². The molecular weight excluding hydrogens is 352 g/mol. The second-order valence-electron chi connectivity index (χ2n) is 7.28. The van der Waals surface area contributed by atoms with Gasteiger partial charge in [0.05, 0.1) is 5.69 Å². The number of hydrogen-bond acceptors (Lipinski definition) is 3. The first kappa shape index (κ1) is 21.5. The van der Waals surface area contributed by atoms with Crippen LogP contribution in [0.5, 0.6) is 11.5 Å². The molecule has 2 aromatic rings. The molecule has 0 aromatic heterocycles. The lowest BCUT2D eigenvalue weighted by Gasteiger charge is -2.31. The molecule has 0 aliphatic heterocycles. The molecule has 5 heteroatoms. The van der Waals surface area contributed by atoms with E-state index in [2.05, 4.69) is 5.32 Å². The van der Waals surface area contributed by atoms with Gasteiger partial charge in [-0.25, -0.2) is 0 Å². The van der Waals surface area contributed by atoms with Crippen LogP contribution in [0, 0.1) is 5.41 Å². The van der Waals surface area contributed by atoms with Crippen LogP contribution in [0.1, 0.15) is 40.5 Å². The van der Waals surface area contributed by atoms with Gasteiger partial charge in [0.1, 0.15) is 11.2 Å². The predicted octanol–water partition coefficient (Wildman–Crippen LogP) is 5.09. The van der Waals surface area contributed by atoms with E-state index in [-0.39, 0.29) is 11.8 Å². The minimum atomic E-state index is -1.18. The largest absolute Gasteiger partial charge is 0.455 e. The number of ether oxygens (including phenoxy) is 1. The van der Waals surface area contributed by atoms with Crippen molar-refractivity contribution < 1.29 is 14.3 Å². The van der Waals surface area contributed by atoms with Gasteiger partial charge in [0.25, 0.3) is 0 Å². The molecule has 0 radical (unpaired) electrons. The van der Waals surface area contributed by atoms with Crippen LogP contribution in [0.2, 0.25) is 0 Å². The molecule has 2 amide bonds. The van der Waals surface area contributed by atoms with Gasteiger partial charge in [-0.05, 0) is 51.0 Å². The Hall–Kier alpha value is -2.82. The lowest BCUT2D eigenvalue weighted by Crippen LogP contribution is -2.47. The van der Waals surface area contributed by atoms with Crippen molar-refractivity contribution in [1.82, 2.24) is 4.90 Å². The predicted molar refractivity (Wildman–Crippen MR) is 113 cm³/mol. The zero-order valence-corrected chi connectivity index (χ0v) is 17.2. The van der Waals surface area contributed by atoms with Gasteiger partial charge in [0, 0.05) is 13.1 Å². The molecule has 2 rings (SSSR count). The minimum absolute atomic E-state index is 0.157. The Morgan fingerprint density at radius 3 is 2.11 bits per heavy atom. The maximum Gasteiger partial charge on any atom is 0.239 e. The fourth-order valence-electron chi connectivity index (χ4n) is 2.90. The Kier molecular flexibility index (Phi) is 7.61. The SMILES string of the molecule is CCCN(CCC)C(=O)C(C)(C)C(=O)Nc1ccccc1Oc1ccccc1. The first-order valence-electron chi connectivity index (χ1n) is 9.82. The zero-order chi connectivity index (χ0) is 20.6. The van der Waals surface area contributed by atoms with Crippen molar-refractivity contribution >= 4 is 17.5 Å². The molecule has 0 saturated carbocycles. The van der Waals surface area contributed by atoms with Crippen molar-refractivity contribution in [3.63, 3.8) is 0 Å². The third kappa shape index (κ3) is 5.35. The van der Waals surface area contributed by atoms with Gasteiger partial charge in [0.2, 0.25) is 11.8 Å². The van der Waals surface area contributed by atoms with Gasteiger partial charge in [-0.2, -0.15) is 0 Å². The summed E-state index contributed by atoms with van der Waals surface area (Å²) >= 11 is 0. The molecule has 5 nitrogen and oxygen atoms in total. The summed E-state index contributed by atoms with van der Waals surface area (Å²) in [5.41, 5.74) is -0.640. The van der Waals surface area contributed by atoms with Crippen LogP contribution in [-0.4, -0.2) is 29.8 Å². The fourth-order valence-corrected chi connectivity index (χ4v) is 2.90. The number of anilines is 1. The second kappa shape index (κ2) is 9.93. The van der Waals surface area contributed by atoms with E-state index >= 15 is 0 Å². The molecule has 0 aliphatic rings. The lowest BCUT2D eigenvalue weighted by molar-refractivity contribution is -0.146. The van der Waals surface area contributed by atoms with E-state index in [9.17, 15) is 9.59 Å². The topological polar surface area (TPSA) is 58.6 Å². The summed E-state index contributed by atoms with van der Waals surface area (Å²) < 4.78 is 5.90. The average Bonchev–Trinajstić information content (AvgIpc) is 2.69. The van der Waals surface area contributed by atoms with Crippen LogP contribution in [0.15, 0.2) is 54.6 Å². The number of carbonyl (C=O) groups is 2. The van der Waals surface area contributed by atoms with Crippen molar-refractivity contribution in [2.45, 2.75) is 40.5 Å². The molecule has 1 N–H and O–H groups in total. The van der Waals surface area contributed by atoms with Gasteiger partial charge >= 0.3 is 0 Å². The second-order valence-corrected chi connectivity index (χ2v) is 7.28. The molecule has 0 saturated heterocycles. The van der Waals surface area contributed by atoms with Crippen LogP contribution in [0.25, 0.3) is 0 Å². The van der Waals surface area contributed by atoms with E-state index in [0.29, 0.717) is 30.3 Å². The third-order valence-corrected chi connectivity index (χ3v) is 4.48. The Labute approximate surface area is 167 Å². The maximum absolute atomic E-state index is 13.0. The summed E-state index contributed by atoms with van der Waals surface area (Å²) in [6, 6.07) is 16.6. The Morgan fingerprint density at radius 2 is 1.50 bits per heavy atom. The van der Waals surface area contributed by atoms with Crippen LogP contribution in [-0.2, 0) is 9.59 Å². The number of amides is 2. The van der Waals surface area contributed by atoms with Gasteiger partial charge < -0.3 is 15.0 Å². The summed E-state index contributed by atoms with van der Waals surface area (Å²) in [6.07, 6.45) is 1.72. The normalized spacial score (nSPS) is 11.0. The van der Waals surface area contributed by atoms with Crippen molar-refractivity contribution in [1.29, 1.82) is 0 Å². The van der Waals surface area contributed by atoms with Crippen molar-refractivity contribution in [3.8, 4) is 11.5 Å². The molecule has 0 aliphatic carbocycles. The van der Waals surface area contributed by atoms with Crippen LogP contribution < -0.4 is 10.1 Å². The van der Waals surface area contributed by atoms with Crippen LogP contribution in [0.3, 0.4) is 0 Å². The number of nitrogens with one attached hydrogen (secondary N) is 1. The van der Waals surface area contributed by atoms with Crippen LogP contribution in [0.4, 0.5) is 5.69 Å². The molecule has 0 atom stereocenters. The Balaban J connectivity index is 2.18. The summed E-state index contributed by atoms with van der Waals surface area (Å²) in [7, 11) is 0. The van der Waals surface area contributed by atoms with E-state index in [1.54, 1.807) is 30.9 Å². The van der Waals surface area contributed by atoms with E-state index in [1.165, 1.54) is 0 Å². The summed E-state index contributed by atoms with van der Waals surface area (Å²) in [4.78, 5) is 27.7. The van der Waals surface area contributed by atoms with E-state index in [1.807, 2.05) is 56.3 Å². The number of nitrogens with zero attached hydrogens (tertiary/aromatic N) is 1. The smallest absolute Gasteiger partial charge is 0.239 e. The highest BCUT2D eigenvalue weighted by molar-refractivity contribution is 6.10. The number of hydrogen-bond donors (Lipinski definition) is 1. The van der Waals surface area contributed by atoms with Gasteiger partial charge in [-0.1, -0.05) is 44.2 Å². The van der Waals surface area contributed by atoms with Gasteiger partial charge in [0.15, 0.2) is 5.75 Å². The van der Waals surface area contributed by atoms with Gasteiger partial charge in [-0.15, -0.1) is 0 Å². The molecule has 2 aromatic carbocycles. The van der Waals surface area contributed by atoms with E-state index in [0.717, 1.165) is 12.8 Å². The van der Waals surface area contributed by atoms with Crippen LogP contribution >= 0.6 is 0 Å². The molecule has 0 spiro atoms. The molecule has 0 fully saturated rings. The summed E-state index contributed by atoms with van der Waals surface area (Å²) in [5, 5.41) is 2.88.